The molecule has 0 amide bonds. The fourth-order valence-corrected chi connectivity index (χ4v) is 3.11. The average Bonchev–Trinajstić information content (AvgIpc) is 2.71. The molecule has 0 radical (unpaired) electrons. The van der Waals surface area contributed by atoms with Gasteiger partial charge in [-0.25, -0.2) is 0 Å². The Bertz CT molecular complexity index is 583. The van der Waals surface area contributed by atoms with Gasteiger partial charge in [-0.15, -0.1) is 0 Å². The van der Waals surface area contributed by atoms with Crippen LogP contribution in [-0.4, -0.2) is 31.8 Å². The van der Waals surface area contributed by atoms with Crippen molar-refractivity contribution in [3.63, 3.8) is 0 Å². The molecule has 0 aliphatic heterocycles. The zero-order valence-corrected chi connectivity index (χ0v) is 13.6. The molecule has 2 unspecified atom stereocenters. The fraction of sp³-hybridized carbons (Fsp3) is 0.588. The van der Waals surface area contributed by atoms with Gasteiger partial charge in [-0.2, -0.15) is 13.2 Å². The minimum atomic E-state index is -4.60. The molecule has 0 spiro atoms. The molecule has 6 heteroatoms. The summed E-state index contributed by atoms with van der Waals surface area (Å²) in [7, 11) is 1.21. The number of carbonyl (C=O) groups excluding carboxylic acids is 1. The Balaban J connectivity index is 2.13. The van der Waals surface area contributed by atoms with E-state index in [1.54, 1.807) is 13.0 Å². The van der Waals surface area contributed by atoms with E-state index >= 15 is 0 Å². The van der Waals surface area contributed by atoms with Crippen LogP contribution in [0.25, 0.3) is 0 Å². The molecule has 2 rings (SSSR count). The van der Waals surface area contributed by atoms with Gasteiger partial charge in [0.25, 0.3) is 0 Å². The van der Waals surface area contributed by atoms with E-state index in [4.69, 9.17) is 9.47 Å². The van der Waals surface area contributed by atoms with Crippen molar-refractivity contribution in [3.8, 4) is 5.75 Å². The van der Waals surface area contributed by atoms with Crippen LogP contribution in [0.3, 0.4) is 0 Å². The topological polar surface area (TPSA) is 35.5 Å². The SMILES string of the molecule is COC1C(C(F)(F)F)C(=O)[C@H](COc2ccc(C)c(C)c2)[C@H]1C. The lowest BCUT2D eigenvalue weighted by Gasteiger charge is -2.22. The van der Waals surface area contributed by atoms with Crippen molar-refractivity contribution in [1.29, 1.82) is 0 Å². The molecule has 0 saturated heterocycles. The first-order chi connectivity index (χ1) is 10.7. The van der Waals surface area contributed by atoms with Crippen LogP contribution in [-0.2, 0) is 9.53 Å². The zero-order chi connectivity index (χ0) is 17.4. The third-order valence-electron chi connectivity index (χ3n) is 4.69. The molecule has 4 atom stereocenters. The van der Waals surface area contributed by atoms with Crippen LogP contribution < -0.4 is 4.74 Å². The fourth-order valence-electron chi connectivity index (χ4n) is 3.11. The van der Waals surface area contributed by atoms with Crippen LogP contribution in [0.5, 0.6) is 5.75 Å². The number of carbonyl (C=O) groups is 1. The summed E-state index contributed by atoms with van der Waals surface area (Å²) in [6, 6.07) is 5.44. The van der Waals surface area contributed by atoms with E-state index in [0.717, 1.165) is 11.1 Å². The number of aryl methyl sites for hydroxylation is 2. The van der Waals surface area contributed by atoms with Crippen molar-refractivity contribution in [1.82, 2.24) is 0 Å². The summed E-state index contributed by atoms with van der Waals surface area (Å²) in [5.41, 5.74) is 2.12. The Hall–Kier alpha value is -1.56. The number of hydrogen-bond donors (Lipinski definition) is 0. The number of ketones is 1. The zero-order valence-electron chi connectivity index (χ0n) is 13.6. The van der Waals surface area contributed by atoms with Crippen LogP contribution in [0.15, 0.2) is 18.2 Å². The predicted octanol–water partition coefficient (Wildman–Crippen LogP) is 3.71. The Morgan fingerprint density at radius 1 is 1.17 bits per heavy atom. The van der Waals surface area contributed by atoms with Gasteiger partial charge in [0.2, 0.25) is 0 Å². The van der Waals surface area contributed by atoms with E-state index < -0.39 is 35.8 Å². The molecule has 1 fully saturated rings. The highest BCUT2D eigenvalue weighted by molar-refractivity contribution is 5.87. The van der Waals surface area contributed by atoms with Crippen LogP contribution in [0.4, 0.5) is 13.2 Å². The molecule has 3 nitrogen and oxygen atoms in total. The van der Waals surface area contributed by atoms with Crippen LogP contribution >= 0.6 is 0 Å². The minimum absolute atomic E-state index is 0.0745. The maximum atomic E-state index is 13.1. The van der Waals surface area contributed by atoms with Crippen LogP contribution in [0.2, 0.25) is 0 Å². The second kappa shape index (κ2) is 6.51. The lowest BCUT2D eigenvalue weighted by atomic mass is 9.97. The lowest BCUT2D eigenvalue weighted by Crippen LogP contribution is -2.37. The minimum Gasteiger partial charge on any atom is -0.493 e. The number of methoxy groups -OCH3 is 1. The normalized spacial score (nSPS) is 28.2. The van der Waals surface area contributed by atoms with Gasteiger partial charge >= 0.3 is 6.18 Å². The van der Waals surface area contributed by atoms with Crippen LogP contribution in [0, 0.1) is 31.6 Å². The maximum Gasteiger partial charge on any atom is 0.401 e. The van der Waals surface area contributed by atoms with E-state index in [2.05, 4.69) is 0 Å². The van der Waals surface area contributed by atoms with Gasteiger partial charge in [0, 0.05) is 7.11 Å². The molecule has 1 aromatic carbocycles. The average molecular weight is 330 g/mol. The van der Waals surface area contributed by atoms with E-state index in [1.165, 1.54) is 7.11 Å². The molecular weight excluding hydrogens is 309 g/mol. The maximum absolute atomic E-state index is 13.1. The first-order valence-electron chi connectivity index (χ1n) is 7.50. The van der Waals surface area contributed by atoms with Gasteiger partial charge in [0.05, 0.1) is 18.6 Å². The predicted molar refractivity (Wildman–Crippen MR) is 79.4 cm³/mol. The highest BCUT2D eigenvalue weighted by Gasteiger charge is 2.59. The summed E-state index contributed by atoms with van der Waals surface area (Å²) in [4.78, 5) is 12.2. The molecule has 1 aliphatic carbocycles. The third-order valence-corrected chi connectivity index (χ3v) is 4.69. The Morgan fingerprint density at radius 2 is 1.83 bits per heavy atom. The Labute approximate surface area is 133 Å². The molecule has 23 heavy (non-hydrogen) atoms. The van der Waals surface area contributed by atoms with Gasteiger partial charge in [-0.3, -0.25) is 4.79 Å². The second-order valence-corrected chi connectivity index (χ2v) is 6.14. The third kappa shape index (κ3) is 3.52. The highest BCUT2D eigenvalue weighted by Crippen LogP contribution is 2.44. The number of ether oxygens (including phenoxy) is 2. The van der Waals surface area contributed by atoms with Crippen molar-refractivity contribution < 1.29 is 27.4 Å². The summed E-state index contributed by atoms with van der Waals surface area (Å²) in [6.45, 7) is 5.41. The monoisotopic (exact) mass is 330 g/mol. The Morgan fingerprint density at radius 3 is 2.30 bits per heavy atom. The van der Waals surface area contributed by atoms with E-state index in [9.17, 15) is 18.0 Å². The summed E-state index contributed by atoms with van der Waals surface area (Å²) in [5.74, 6) is -3.74. The molecule has 1 saturated carbocycles. The van der Waals surface area contributed by atoms with Crippen molar-refractivity contribution in [2.75, 3.05) is 13.7 Å². The summed E-state index contributed by atoms with van der Waals surface area (Å²) >= 11 is 0. The van der Waals surface area contributed by atoms with Crippen molar-refractivity contribution in [2.24, 2.45) is 17.8 Å². The molecular formula is C17H21F3O3. The number of benzene rings is 1. The smallest absolute Gasteiger partial charge is 0.401 e. The number of Topliss-reactive ketones (excluding diaryl/α,β-unsaturated/α-hetero) is 1. The number of rotatable bonds is 4. The lowest BCUT2D eigenvalue weighted by molar-refractivity contribution is -0.198. The molecule has 0 N–H and O–H groups in total. The van der Waals surface area contributed by atoms with Crippen molar-refractivity contribution >= 4 is 5.78 Å². The van der Waals surface area contributed by atoms with Crippen molar-refractivity contribution in [2.45, 2.75) is 33.1 Å². The van der Waals surface area contributed by atoms with Gasteiger partial charge < -0.3 is 9.47 Å². The molecule has 1 aliphatic rings. The first-order valence-corrected chi connectivity index (χ1v) is 7.50. The second-order valence-electron chi connectivity index (χ2n) is 6.14. The largest absolute Gasteiger partial charge is 0.493 e. The van der Waals surface area contributed by atoms with Gasteiger partial charge in [-0.05, 0) is 43.0 Å². The first kappa shape index (κ1) is 17.8. The quantitative estimate of drug-likeness (QED) is 0.844. The van der Waals surface area contributed by atoms with Crippen LogP contribution in [0.1, 0.15) is 18.1 Å². The molecule has 0 heterocycles. The molecule has 0 aromatic heterocycles. The van der Waals surface area contributed by atoms with E-state index in [1.807, 2.05) is 26.0 Å². The molecule has 128 valence electrons. The summed E-state index contributed by atoms with van der Waals surface area (Å²) in [6.07, 6.45) is -5.75. The number of halogens is 3. The van der Waals surface area contributed by atoms with E-state index in [-0.39, 0.29) is 6.61 Å². The van der Waals surface area contributed by atoms with Gasteiger partial charge in [0.15, 0.2) is 5.78 Å². The molecule has 1 aromatic rings. The summed E-state index contributed by atoms with van der Waals surface area (Å²) < 4.78 is 49.9. The highest BCUT2D eigenvalue weighted by atomic mass is 19.4. The number of hydrogen-bond acceptors (Lipinski definition) is 3. The number of alkyl halides is 3. The van der Waals surface area contributed by atoms with Gasteiger partial charge in [-0.1, -0.05) is 13.0 Å². The van der Waals surface area contributed by atoms with Gasteiger partial charge in [0.1, 0.15) is 11.7 Å². The summed E-state index contributed by atoms with van der Waals surface area (Å²) in [5, 5.41) is 0. The van der Waals surface area contributed by atoms with Crippen molar-refractivity contribution in [3.05, 3.63) is 29.3 Å². The Kier molecular flexibility index (Phi) is 5.04. The van der Waals surface area contributed by atoms with E-state index in [0.29, 0.717) is 5.75 Å². The molecule has 0 bridgehead atoms. The standard InChI is InChI=1S/C17H21F3O3/c1-9-5-6-12(7-10(9)2)23-8-13-11(3)16(22-4)14(15(13)21)17(18,19)20/h5-7,11,13-14,16H,8H2,1-4H3/t11-,13-,14?,16?/m1/s1.